The van der Waals surface area contributed by atoms with Crippen LogP contribution in [0.25, 0.3) is 22.3 Å². The molecule has 0 bridgehead atoms. The van der Waals surface area contributed by atoms with Crippen LogP contribution in [-0.2, 0) is 14.2 Å². The number of aliphatic hydroxyl groups is 2. The van der Waals surface area contributed by atoms with Gasteiger partial charge in [0.15, 0.2) is 17.8 Å². The van der Waals surface area contributed by atoms with E-state index in [1.807, 2.05) is 24.3 Å². The summed E-state index contributed by atoms with van der Waals surface area (Å²) in [6.07, 6.45) is -1.78. The van der Waals surface area contributed by atoms with E-state index < -0.39 is 18.0 Å². The van der Waals surface area contributed by atoms with Crippen molar-refractivity contribution in [1.29, 1.82) is 0 Å². The molecule has 6 rings (SSSR count). The van der Waals surface area contributed by atoms with Crippen LogP contribution in [0.1, 0.15) is 18.1 Å². The number of hydrogen-bond acceptors (Lipinski definition) is 7. The number of aliphatic hydroxyl groups excluding tert-OH is 2. The number of aromatic amines is 1. The molecule has 34 heavy (non-hydrogen) atoms. The van der Waals surface area contributed by atoms with Crippen LogP contribution in [0.3, 0.4) is 0 Å². The molecule has 0 aliphatic carbocycles. The second-order valence-electron chi connectivity index (χ2n) is 8.97. The summed E-state index contributed by atoms with van der Waals surface area (Å²) in [6, 6.07) is 10.6. The molecule has 5 heterocycles. The molecule has 3 fully saturated rings. The Morgan fingerprint density at radius 1 is 1.00 bits per heavy atom. The number of halogens is 2. The van der Waals surface area contributed by atoms with Crippen molar-refractivity contribution in [3.63, 3.8) is 0 Å². The number of rotatable bonds is 4. The summed E-state index contributed by atoms with van der Waals surface area (Å²) in [5.74, 6) is -0.00698. The van der Waals surface area contributed by atoms with Gasteiger partial charge in [-0.05, 0) is 5.56 Å². The van der Waals surface area contributed by atoms with E-state index in [0.717, 1.165) is 5.56 Å². The highest BCUT2D eigenvalue weighted by atomic mass is 127. The summed E-state index contributed by atoms with van der Waals surface area (Å²) in [5.41, 5.74) is 2.93. The molecule has 3 N–H and O–H groups in total. The molecule has 3 saturated heterocycles. The molecular weight excluding hydrogens is 558 g/mol. The quantitative estimate of drug-likeness (QED) is 0.321. The first kappa shape index (κ1) is 22.6. The minimum atomic E-state index is -0.649. The topological polar surface area (TPSA) is 106 Å². The molecule has 0 spiro atoms. The average Bonchev–Trinajstić information content (AvgIpc) is 3.52. The van der Waals surface area contributed by atoms with Gasteiger partial charge in [-0.2, -0.15) is 0 Å². The molecule has 7 atom stereocenters. The molecule has 3 aromatic rings. The maximum atomic E-state index is 14.9. The normalized spacial score (nSPS) is 33.4. The predicted octanol–water partition coefficient (Wildman–Crippen LogP) is 2.90. The van der Waals surface area contributed by atoms with E-state index >= 15 is 0 Å². The van der Waals surface area contributed by atoms with Crippen molar-refractivity contribution in [2.75, 3.05) is 19.8 Å². The molecule has 180 valence electrons. The number of nitrogens with zero attached hydrogens (tertiary/aromatic N) is 1. The monoisotopic (exact) mass is 582 g/mol. The van der Waals surface area contributed by atoms with Gasteiger partial charge in [-0.25, -0.2) is 9.37 Å². The largest absolute Gasteiger partial charge is 0.470 e. The maximum absolute atomic E-state index is 14.9. The van der Waals surface area contributed by atoms with Crippen LogP contribution < -0.4 is 4.74 Å². The third-order valence-corrected chi connectivity index (χ3v) is 7.87. The minimum Gasteiger partial charge on any atom is -0.470 e. The molecule has 0 saturated carbocycles. The Balaban J connectivity index is 1.21. The summed E-state index contributed by atoms with van der Waals surface area (Å²) in [7, 11) is 0. The van der Waals surface area contributed by atoms with Gasteiger partial charge in [0.25, 0.3) is 0 Å². The van der Waals surface area contributed by atoms with Gasteiger partial charge in [-0.1, -0.05) is 46.9 Å². The smallest absolute Gasteiger partial charge is 0.193 e. The first-order valence-electron chi connectivity index (χ1n) is 11.3. The van der Waals surface area contributed by atoms with Crippen LogP contribution in [0.5, 0.6) is 5.88 Å². The highest BCUT2D eigenvalue weighted by Crippen LogP contribution is 2.34. The van der Waals surface area contributed by atoms with Crippen molar-refractivity contribution in [1.82, 2.24) is 9.97 Å². The molecular formula is C24H24FIN2O6. The fourth-order valence-electron chi connectivity index (χ4n) is 4.82. The lowest BCUT2D eigenvalue weighted by Crippen LogP contribution is -2.34. The van der Waals surface area contributed by atoms with Gasteiger partial charge >= 0.3 is 0 Å². The number of H-pyrrole nitrogens is 1. The van der Waals surface area contributed by atoms with E-state index in [4.69, 9.17) is 18.9 Å². The second-order valence-corrected chi connectivity index (χ2v) is 10.6. The standard InChI is InChI=1S/C24H24FIN2O6/c25-13-5-15-16(6-21(27-15)34-20-10-33-23-18(30)9-32-24(20)23)28-22(13)12-3-1-11(2-4-12)19-7-17(29)14(26)8-31-19/h1-6,14,17-20,23-24,27,29-30H,7-10H2/t14-,17+,18+,19+,20+,23+,24+/m0/s1. The Kier molecular flexibility index (Phi) is 5.98. The third kappa shape index (κ3) is 4.10. The van der Waals surface area contributed by atoms with Gasteiger partial charge < -0.3 is 34.1 Å². The molecule has 0 unspecified atom stereocenters. The van der Waals surface area contributed by atoms with E-state index in [0.29, 0.717) is 42.1 Å². The van der Waals surface area contributed by atoms with Crippen molar-refractivity contribution in [2.45, 2.75) is 47.0 Å². The summed E-state index contributed by atoms with van der Waals surface area (Å²) < 4.78 is 38.1. The number of pyridine rings is 1. The lowest BCUT2D eigenvalue weighted by atomic mass is 9.98. The van der Waals surface area contributed by atoms with Crippen LogP contribution in [0.15, 0.2) is 36.4 Å². The van der Waals surface area contributed by atoms with Crippen molar-refractivity contribution in [2.24, 2.45) is 0 Å². The zero-order chi connectivity index (χ0) is 23.4. The Hall–Kier alpha value is -1.83. The number of aromatic nitrogens is 2. The van der Waals surface area contributed by atoms with Gasteiger partial charge in [0.1, 0.15) is 24.0 Å². The van der Waals surface area contributed by atoms with Crippen molar-refractivity contribution < 1.29 is 33.6 Å². The van der Waals surface area contributed by atoms with E-state index in [9.17, 15) is 14.6 Å². The number of nitrogens with one attached hydrogen (secondary N) is 1. The zero-order valence-electron chi connectivity index (χ0n) is 18.1. The maximum Gasteiger partial charge on any atom is 0.193 e. The van der Waals surface area contributed by atoms with Crippen LogP contribution >= 0.6 is 22.6 Å². The fraction of sp³-hybridized carbons (Fsp3) is 0.458. The fourth-order valence-corrected chi connectivity index (χ4v) is 5.32. The average molecular weight is 582 g/mol. The SMILES string of the molecule is O[C@@H]1CO[C@H]2[C@@H]1OC[C@H]2Oc1cc2nc(-c3ccc([C@H]4C[C@@H](O)[C@@H](I)CO4)cc3)c(F)cc2[nH]1. The number of alkyl halides is 1. The zero-order valence-corrected chi connectivity index (χ0v) is 20.2. The van der Waals surface area contributed by atoms with Crippen LogP contribution in [-0.4, -0.2) is 74.4 Å². The molecule has 10 heteroatoms. The highest BCUT2D eigenvalue weighted by molar-refractivity contribution is 14.1. The summed E-state index contributed by atoms with van der Waals surface area (Å²) >= 11 is 2.20. The molecule has 2 aromatic heterocycles. The molecule has 8 nitrogen and oxygen atoms in total. The molecule has 0 amide bonds. The molecule has 0 radical (unpaired) electrons. The van der Waals surface area contributed by atoms with E-state index in [1.165, 1.54) is 6.07 Å². The number of ether oxygens (including phenoxy) is 4. The Labute approximate surface area is 208 Å². The molecule has 3 aliphatic rings. The third-order valence-electron chi connectivity index (χ3n) is 6.68. The second kappa shape index (κ2) is 8.99. The van der Waals surface area contributed by atoms with Crippen LogP contribution in [0.4, 0.5) is 4.39 Å². The van der Waals surface area contributed by atoms with Crippen molar-refractivity contribution in [3.8, 4) is 17.1 Å². The summed E-state index contributed by atoms with van der Waals surface area (Å²) in [6.45, 7) is 1.03. The van der Waals surface area contributed by atoms with Gasteiger partial charge in [0, 0.05) is 24.1 Å². The van der Waals surface area contributed by atoms with Gasteiger partial charge in [-0.3, -0.25) is 0 Å². The summed E-state index contributed by atoms with van der Waals surface area (Å²) in [5, 5.41) is 20.0. The number of benzene rings is 1. The molecule has 3 aliphatic heterocycles. The predicted molar refractivity (Wildman–Crippen MR) is 129 cm³/mol. The molecule has 1 aromatic carbocycles. The lowest BCUT2D eigenvalue weighted by molar-refractivity contribution is -0.0360. The first-order valence-corrected chi connectivity index (χ1v) is 12.5. The van der Waals surface area contributed by atoms with Crippen LogP contribution in [0, 0.1) is 5.82 Å². The number of fused-ring (bicyclic) bond motifs is 2. The van der Waals surface area contributed by atoms with Crippen LogP contribution in [0.2, 0.25) is 0 Å². The van der Waals surface area contributed by atoms with E-state index in [-0.39, 0.29) is 40.6 Å². The highest BCUT2D eigenvalue weighted by Gasteiger charge is 2.48. The minimum absolute atomic E-state index is 0.0910. The Bertz CT molecular complexity index is 1190. The lowest BCUT2D eigenvalue weighted by Gasteiger charge is -2.30. The van der Waals surface area contributed by atoms with E-state index in [2.05, 4.69) is 32.6 Å². The van der Waals surface area contributed by atoms with E-state index in [1.54, 1.807) is 6.07 Å². The summed E-state index contributed by atoms with van der Waals surface area (Å²) in [4.78, 5) is 7.58. The van der Waals surface area contributed by atoms with Crippen molar-refractivity contribution >= 4 is 33.6 Å². The van der Waals surface area contributed by atoms with Gasteiger partial charge in [0.2, 0.25) is 0 Å². The number of hydrogen-bond donors (Lipinski definition) is 3. The van der Waals surface area contributed by atoms with Crippen molar-refractivity contribution in [3.05, 3.63) is 47.8 Å². The Morgan fingerprint density at radius 3 is 2.59 bits per heavy atom. The first-order chi connectivity index (χ1) is 16.5. The van der Waals surface area contributed by atoms with Gasteiger partial charge in [0.05, 0.1) is 47.0 Å². The Morgan fingerprint density at radius 2 is 1.79 bits per heavy atom. The van der Waals surface area contributed by atoms with Gasteiger partial charge in [-0.15, -0.1) is 0 Å².